The van der Waals surface area contributed by atoms with Gasteiger partial charge in [0.15, 0.2) is 11.5 Å². The molecule has 138 valence electrons. The summed E-state index contributed by atoms with van der Waals surface area (Å²) in [4.78, 5) is 23.6. The monoisotopic (exact) mass is 362 g/mol. The fourth-order valence-corrected chi connectivity index (χ4v) is 2.20. The standard InChI is InChI=1S/C18H19FN2O5/c1-25-15-7-6-11(8-16(15)26-2)14(22)10-20-17(23)18(24)21-13-5-3-4-12(19)9-13/h3-9,14,22H,10H2,1-2H3,(H,20,23)(H,21,24). The Labute approximate surface area is 149 Å². The van der Waals surface area contributed by atoms with Gasteiger partial charge >= 0.3 is 11.8 Å². The van der Waals surface area contributed by atoms with E-state index in [0.717, 1.165) is 6.07 Å². The summed E-state index contributed by atoms with van der Waals surface area (Å²) in [5.74, 6) is -1.52. The third-order valence-electron chi connectivity index (χ3n) is 3.54. The van der Waals surface area contributed by atoms with Gasteiger partial charge in [-0.05, 0) is 35.9 Å². The van der Waals surface area contributed by atoms with Crippen molar-refractivity contribution in [2.75, 3.05) is 26.1 Å². The molecule has 0 saturated heterocycles. The lowest BCUT2D eigenvalue weighted by Gasteiger charge is -2.15. The van der Waals surface area contributed by atoms with Crippen LogP contribution in [0.1, 0.15) is 11.7 Å². The Balaban J connectivity index is 1.92. The second-order valence-electron chi connectivity index (χ2n) is 5.30. The Hall–Kier alpha value is -3.13. The maximum atomic E-state index is 13.1. The highest BCUT2D eigenvalue weighted by atomic mass is 19.1. The predicted octanol–water partition coefficient (Wildman–Crippen LogP) is 1.63. The van der Waals surface area contributed by atoms with Crippen molar-refractivity contribution in [3.63, 3.8) is 0 Å². The van der Waals surface area contributed by atoms with Crippen molar-refractivity contribution < 1.29 is 28.6 Å². The minimum absolute atomic E-state index is 0.158. The van der Waals surface area contributed by atoms with Crippen LogP contribution in [-0.4, -0.2) is 37.7 Å². The number of amides is 2. The Morgan fingerprint density at radius 3 is 2.46 bits per heavy atom. The fourth-order valence-electron chi connectivity index (χ4n) is 2.20. The van der Waals surface area contributed by atoms with Crippen LogP contribution in [0.15, 0.2) is 42.5 Å². The van der Waals surface area contributed by atoms with E-state index in [-0.39, 0.29) is 12.2 Å². The van der Waals surface area contributed by atoms with Gasteiger partial charge < -0.3 is 25.2 Å². The first-order valence-electron chi connectivity index (χ1n) is 7.69. The molecule has 1 unspecified atom stereocenters. The molecule has 0 aliphatic carbocycles. The lowest BCUT2D eigenvalue weighted by Crippen LogP contribution is -2.37. The number of aliphatic hydroxyl groups is 1. The molecule has 0 aromatic heterocycles. The molecular weight excluding hydrogens is 343 g/mol. The molecule has 0 fully saturated rings. The summed E-state index contributed by atoms with van der Waals surface area (Å²) in [7, 11) is 2.96. The summed E-state index contributed by atoms with van der Waals surface area (Å²) in [6.45, 7) is -0.190. The van der Waals surface area contributed by atoms with Gasteiger partial charge in [-0.1, -0.05) is 12.1 Å². The first kappa shape index (κ1) is 19.2. The van der Waals surface area contributed by atoms with Crippen molar-refractivity contribution >= 4 is 17.5 Å². The van der Waals surface area contributed by atoms with Gasteiger partial charge in [-0.25, -0.2) is 4.39 Å². The van der Waals surface area contributed by atoms with E-state index in [9.17, 15) is 19.1 Å². The van der Waals surface area contributed by atoms with Gasteiger partial charge in [0.2, 0.25) is 0 Å². The lowest BCUT2D eigenvalue weighted by atomic mass is 10.1. The van der Waals surface area contributed by atoms with E-state index < -0.39 is 23.7 Å². The largest absolute Gasteiger partial charge is 0.493 e. The molecule has 7 nitrogen and oxygen atoms in total. The van der Waals surface area contributed by atoms with Crippen LogP contribution in [0.25, 0.3) is 0 Å². The van der Waals surface area contributed by atoms with E-state index in [1.807, 2.05) is 0 Å². The zero-order valence-electron chi connectivity index (χ0n) is 14.3. The van der Waals surface area contributed by atoms with E-state index >= 15 is 0 Å². The molecule has 2 amide bonds. The highest BCUT2D eigenvalue weighted by molar-refractivity contribution is 6.39. The van der Waals surface area contributed by atoms with Gasteiger partial charge in [-0.2, -0.15) is 0 Å². The van der Waals surface area contributed by atoms with Crippen molar-refractivity contribution in [2.24, 2.45) is 0 Å². The van der Waals surface area contributed by atoms with Crippen LogP contribution in [-0.2, 0) is 9.59 Å². The topological polar surface area (TPSA) is 96.9 Å². The third kappa shape index (κ3) is 4.93. The Bertz CT molecular complexity index is 797. The molecule has 1 atom stereocenters. The number of benzene rings is 2. The Morgan fingerprint density at radius 2 is 1.81 bits per heavy atom. The molecule has 2 aromatic rings. The minimum Gasteiger partial charge on any atom is -0.493 e. The number of nitrogens with one attached hydrogen (secondary N) is 2. The van der Waals surface area contributed by atoms with Crippen LogP contribution in [0.4, 0.5) is 10.1 Å². The number of anilines is 1. The number of ether oxygens (including phenoxy) is 2. The molecular formula is C18H19FN2O5. The van der Waals surface area contributed by atoms with E-state index in [4.69, 9.17) is 9.47 Å². The minimum atomic E-state index is -1.05. The Morgan fingerprint density at radius 1 is 1.08 bits per heavy atom. The zero-order valence-corrected chi connectivity index (χ0v) is 14.3. The second kappa shape index (κ2) is 8.82. The molecule has 26 heavy (non-hydrogen) atoms. The van der Waals surface area contributed by atoms with E-state index in [1.54, 1.807) is 18.2 Å². The average Bonchev–Trinajstić information content (AvgIpc) is 2.65. The molecule has 2 rings (SSSR count). The summed E-state index contributed by atoms with van der Waals surface area (Å²) in [6, 6.07) is 9.97. The lowest BCUT2D eigenvalue weighted by molar-refractivity contribution is -0.136. The Kier molecular flexibility index (Phi) is 6.51. The number of methoxy groups -OCH3 is 2. The van der Waals surface area contributed by atoms with Crippen LogP contribution in [0.5, 0.6) is 11.5 Å². The van der Waals surface area contributed by atoms with Gasteiger partial charge in [-0.3, -0.25) is 9.59 Å². The molecule has 0 radical (unpaired) electrons. The normalized spacial score (nSPS) is 11.4. The van der Waals surface area contributed by atoms with Crippen LogP contribution < -0.4 is 20.1 Å². The number of halogens is 1. The fraction of sp³-hybridized carbons (Fsp3) is 0.222. The molecule has 2 aromatic carbocycles. The van der Waals surface area contributed by atoms with E-state index in [1.165, 1.54) is 32.4 Å². The number of aliphatic hydroxyl groups excluding tert-OH is 1. The van der Waals surface area contributed by atoms with Crippen LogP contribution >= 0.6 is 0 Å². The molecule has 0 spiro atoms. The third-order valence-corrected chi connectivity index (χ3v) is 3.54. The van der Waals surface area contributed by atoms with Crippen LogP contribution in [0, 0.1) is 5.82 Å². The SMILES string of the molecule is COc1ccc(C(O)CNC(=O)C(=O)Nc2cccc(F)c2)cc1OC. The van der Waals surface area contributed by atoms with Crippen molar-refractivity contribution in [2.45, 2.75) is 6.10 Å². The highest BCUT2D eigenvalue weighted by Gasteiger charge is 2.17. The molecule has 8 heteroatoms. The van der Waals surface area contributed by atoms with Crippen molar-refractivity contribution in [1.29, 1.82) is 0 Å². The van der Waals surface area contributed by atoms with Gasteiger partial charge in [0, 0.05) is 12.2 Å². The van der Waals surface area contributed by atoms with Crippen LogP contribution in [0.2, 0.25) is 0 Å². The first-order chi connectivity index (χ1) is 12.4. The quantitative estimate of drug-likeness (QED) is 0.679. The maximum absolute atomic E-state index is 13.1. The van der Waals surface area contributed by atoms with Crippen molar-refractivity contribution in [3.05, 3.63) is 53.8 Å². The molecule has 0 aliphatic heterocycles. The number of hydrogen-bond acceptors (Lipinski definition) is 5. The summed E-state index contributed by atoms with van der Waals surface area (Å²) >= 11 is 0. The van der Waals surface area contributed by atoms with Gasteiger partial charge in [-0.15, -0.1) is 0 Å². The average molecular weight is 362 g/mol. The smallest absolute Gasteiger partial charge is 0.313 e. The number of carbonyl (C=O) groups is 2. The summed E-state index contributed by atoms with van der Waals surface area (Å²) in [6.07, 6.45) is -1.05. The van der Waals surface area contributed by atoms with Crippen molar-refractivity contribution in [3.8, 4) is 11.5 Å². The van der Waals surface area contributed by atoms with Crippen LogP contribution in [0.3, 0.4) is 0 Å². The van der Waals surface area contributed by atoms with Crippen molar-refractivity contribution in [1.82, 2.24) is 5.32 Å². The molecule has 0 saturated carbocycles. The number of carbonyl (C=O) groups excluding carboxylic acids is 2. The van der Waals surface area contributed by atoms with Gasteiger partial charge in [0.25, 0.3) is 0 Å². The maximum Gasteiger partial charge on any atom is 0.313 e. The first-order valence-corrected chi connectivity index (χ1v) is 7.69. The summed E-state index contributed by atoms with van der Waals surface area (Å²) in [5.41, 5.74) is 0.638. The summed E-state index contributed by atoms with van der Waals surface area (Å²) < 4.78 is 23.3. The van der Waals surface area contributed by atoms with E-state index in [0.29, 0.717) is 17.1 Å². The summed E-state index contributed by atoms with van der Waals surface area (Å²) in [5, 5.41) is 14.8. The van der Waals surface area contributed by atoms with E-state index in [2.05, 4.69) is 10.6 Å². The highest BCUT2D eigenvalue weighted by Crippen LogP contribution is 2.29. The number of rotatable bonds is 6. The van der Waals surface area contributed by atoms with Gasteiger partial charge in [0.05, 0.1) is 20.3 Å². The molecule has 3 N–H and O–H groups in total. The molecule has 0 aliphatic rings. The van der Waals surface area contributed by atoms with Gasteiger partial charge in [0.1, 0.15) is 5.82 Å². The molecule has 0 bridgehead atoms. The zero-order chi connectivity index (χ0) is 19.1. The molecule has 0 heterocycles. The second-order valence-corrected chi connectivity index (χ2v) is 5.30. The predicted molar refractivity (Wildman–Crippen MR) is 92.5 cm³/mol. The number of hydrogen-bond donors (Lipinski definition) is 3.